The molecule has 6 rings (SSSR count). The van der Waals surface area contributed by atoms with E-state index in [0.29, 0.717) is 30.7 Å². The van der Waals surface area contributed by atoms with Crippen molar-refractivity contribution in [3.05, 3.63) is 63.8 Å². The van der Waals surface area contributed by atoms with Crippen molar-refractivity contribution in [2.75, 3.05) is 0 Å². The fourth-order valence-electron chi connectivity index (χ4n) is 5.54. The fourth-order valence-corrected chi connectivity index (χ4v) is 8.59. The van der Waals surface area contributed by atoms with Crippen molar-refractivity contribution in [3.8, 4) is 0 Å². The van der Waals surface area contributed by atoms with Crippen molar-refractivity contribution in [2.45, 2.75) is 41.3 Å². The Labute approximate surface area is 181 Å². The van der Waals surface area contributed by atoms with E-state index in [1.165, 1.54) is 18.3 Å². The second kappa shape index (κ2) is 5.34. The van der Waals surface area contributed by atoms with Crippen LogP contribution >= 0.6 is 23.1 Å². The maximum Gasteiger partial charge on any atom is 0.376 e. The van der Waals surface area contributed by atoms with Crippen LogP contribution in [0.3, 0.4) is 0 Å². The van der Waals surface area contributed by atoms with E-state index in [0.717, 1.165) is 18.7 Å². The summed E-state index contributed by atoms with van der Waals surface area (Å²) in [5.41, 5.74) is -2.88. The van der Waals surface area contributed by atoms with Crippen molar-refractivity contribution in [1.82, 2.24) is 0 Å². The molecule has 0 radical (unpaired) electrons. The van der Waals surface area contributed by atoms with Crippen LogP contribution in [0.2, 0.25) is 0 Å². The van der Waals surface area contributed by atoms with Crippen LogP contribution in [-0.4, -0.2) is 22.5 Å². The highest BCUT2D eigenvalue weighted by Crippen LogP contribution is 2.77. The number of hydrogen-bond acceptors (Lipinski definition) is 2. The maximum absolute atomic E-state index is 15.6. The summed E-state index contributed by atoms with van der Waals surface area (Å²) < 4.78 is 90.9. The van der Waals surface area contributed by atoms with Crippen LogP contribution < -0.4 is 9.75 Å². The SMILES string of the molecule is C[C@@]12C(=c3c(sc4ccccc34)=C3c4ccccc4S[C@]31C)C(F)(F)C(F)(F)C2(F)F. The van der Waals surface area contributed by atoms with Gasteiger partial charge in [0.15, 0.2) is 0 Å². The largest absolute Gasteiger partial charge is 0.376 e. The molecule has 2 atom stereocenters. The Morgan fingerprint density at radius 1 is 0.774 bits per heavy atom. The standard InChI is InChI=1S/C23H14F6S2/c1-19-18(21(24,25)23(28,29)22(19,26)27)15-11-7-3-5-9-13(11)30-17(15)16-12-8-4-6-10-14(12)31-20(16,19)2/h3-10H,1-2H3/t19-,20-/m1/s1. The molecule has 160 valence electrons. The number of thioether (sulfide) groups is 1. The number of fused-ring (bicyclic) bond motifs is 8. The van der Waals surface area contributed by atoms with Gasteiger partial charge in [0.1, 0.15) is 0 Å². The molecule has 3 aliphatic rings. The summed E-state index contributed by atoms with van der Waals surface area (Å²) in [6, 6.07) is 13.5. The van der Waals surface area contributed by atoms with Gasteiger partial charge in [0.2, 0.25) is 0 Å². The minimum Gasteiger partial charge on any atom is -0.199 e. The molecule has 0 N–H and O–H groups in total. The third kappa shape index (κ3) is 1.80. The third-order valence-electron chi connectivity index (χ3n) is 7.20. The van der Waals surface area contributed by atoms with Gasteiger partial charge in [-0.15, -0.1) is 23.1 Å². The summed E-state index contributed by atoms with van der Waals surface area (Å²) in [6.45, 7) is 2.30. The van der Waals surface area contributed by atoms with E-state index in [1.54, 1.807) is 48.5 Å². The maximum atomic E-state index is 15.6. The quantitative estimate of drug-likeness (QED) is 0.362. The van der Waals surface area contributed by atoms with Crippen molar-refractivity contribution in [2.24, 2.45) is 5.41 Å². The first-order valence-corrected chi connectivity index (χ1v) is 11.2. The topological polar surface area (TPSA) is 0 Å². The molecule has 3 aromatic rings. The summed E-state index contributed by atoms with van der Waals surface area (Å²) in [4.78, 5) is 0.625. The zero-order chi connectivity index (χ0) is 22.2. The summed E-state index contributed by atoms with van der Waals surface area (Å²) >= 11 is 2.17. The molecule has 2 aliphatic carbocycles. The highest BCUT2D eigenvalue weighted by Gasteiger charge is 2.91. The minimum atomic E-state index is -5.52. The van der Waals surface area contributed by atoms with E-state index < -0.39 is 33.5 Å². The zero-order valence-corrected chi connectivity index (χ0v) is 17.8. The second-order valence-electron chi connectivity index (χ2n) is 8.53. The van der Waals surface area contributed by atoms with Gasteiger partial charge in [-0.25, -0.2) is 0 Å². The average Bonchev–Trinajstić information content (AvgIpc) is 3.24. The zero-order valence-electron chi connectivity index (χ0n) is 16.2. The Balaban J connectivity index is 1.98. The summed E-state index contributed by atoms with van der Waals surface area (Å²) in [5.74, 6) is -15.5. The molecular formula is C23H14F6S2. The normalized spacial score (nSPS) is 31.4. The summed E-state index contributed by atoms with van der Waals surface area (Å²) in [6.07, 6.45) is 0. The van der Waals surface area contributed by atoms with Gasteiger partial charge in [0, 0.05) is 30.3 Å². The highest BCUT2D eigenvalue weighted by molar-refractivity contribution is 8.01. The number of halogens is 6. The van der Waals surface area contributed by atoms with E-state index in [-0.39, 0.29) is 5.22 Å². The van der Waals surface area contributed by atoms with Gasteiger partial charge in [0.05, 0.1) is 10.2 Å². The third-order valence-corrected chi connectivity index (χ3v) is 9.99. The van der Waals surface area contributed by atoms with Gasteiger partial charge < -0.3 is 0 Å². The Kier molecular flexibility index (Phi) is 3.40. The number of benzene rings is 2. The van der Waals surface area contributed by atoms with Crippen LogP contribution in [0.25, 0.3) is 21.2 Å². The molecule has 0 saturated heterocycles. The molecular weight excluding hydrogens is 454 g/mol. The van der Waals surface area contributed by atoms with Crippen molar-refractivity contribution < 1.29 is 26.3 Å². The molecule has 1 saturated carbocycles. The van der Waals surface area contributed by atoms with E-state index in [2.05, 4.69) is 0 Å². The average molecular weight is 468 g/mol. The predicted octanol–water partition coefficient (Wildman–Crippen LogP) is 6.05. The molecule has 0 bridgehead atoms. The van der Waals surface area contributed by atoms with E-state index in [9.17, 15) is 8.78 Å². The van der Waals surface area contributed by atoms with Gasteiger partial charge in [-0.2, -0.15) is 26.3 Å². The monoisotopic (exact) mass is 468 g/mol. The van der Waals surface area contributed by atoms with Crippen LogP contribution in [0.15, 0.2) is 53.4 Å². The first kappa shape index (κ1) is 19.7. The summed E-state index contributed by atoms with van der Waals surface area (Å²) in [7, 11) is 0. The molecule has 0 spiro atoms. The van der Waals surface area contributed by atoms with Crippen LogP contribution in [0, 0.1) is 5.41 Å². The minimum absolute atomic E-state index is 0.158. The molecule has 0 nitrogen and oxygen atoms in total. The van der Waals surface area contributed by atoms with Gasteiger partial charge in [-0.3, -0.25) is 0 Å². The smallest absolute Gasteiger partial charge is 0.199 e. The number of thiophene rings is 1. The lowest BCUT2D eigenvalue weighted by molar-refractivity contribution is -0.284. The number of hydrogen-bond donors (Lipinski definition) is 0. The van der Waals surface area contributed by atoms with Crippen molar-refractivity contribution in [1.29, 1.82) is 0 Å². The molecule has 0 amide bonds. The second-order valence-corrected chi connectivity index (χ2v) is 11.0. The van der Waals surface area contributed by atoms with E-state index in [1.807, 2.05) is 0 Å². The van der Waals surface area contributed by atoms with E-state index >= 15 is 17.6 Å². The van der Waals surface area contributed by atoms with Crippen LogP contribution in [-0.2, 0) is 0 Å². The summed E-state index contributed by atoms with van der Waals surface area (Å²) in [5, 5.41) is 0.149. The van der Waals surface area contributed by atoms with Crippen molar-refractivity contribution >= 4 is 44.3 Å². The molecule has 1 aliphatic heterocycles. The van der Waals surface area contributed by atoms with Crippen LogP contribution in [0.5, 0.6) is 0 Å². The molecule has 0 unspecified atom stereocenters. The molecule has 1 fully saturated rings. The van der Waals surface area contributed by atoms with Gasteiger partial charge in [0.25, 0.3) is 0 Å². The Bertz CT molecular complexity index is 1440. The Morgan fingerprint density at radius 2 is 1.42 bits per heavy atom. The van der Waals surface area contributed by atoms with Crippen LogP contribution in [0.4, 0.5) is 26.3 Å². The van der Waals surface area contributed by atoms with E-state index in [4.69, 9.17) is 0 Å². The lowest BCUT2D eigenvalue weighted by atomic mass is 9.64. The Morgan fingerprint density at radius 3 is 2.16 bits per heavy atom. The molecule has 2 aromatic carbocycles. The molecule has 1 aromatic heterocycles. The van der Waals surface area contributed by atoms with Crippen LogP contribution in [0.1, 0.15) is 19.4 Å². The molecule has 8 heteroatoms. The fraction of sp³-hybridized carbons (Fsp3) is 0.304. The lowest BCUT2D eigenvalue weighted by Gasteiger charge is -2.47. The van der Waals surface area contributed by atoms with Crippen molar-refractivity contribution in [3.63, 3.8) is 0 Å². The first-order valence-electron chi connectivity index (χ1n) is 9.61. The predicted molar refractivity (Wildman–Crippen MR) is 111 cm³/mol. The molecule has 2 heterocycles. The molecule has 31 heavy (non-hydrogen) atoms. The van der Waals surface area contributed by atoms with Gasteiger partial charge >= 0.3 is 17.8 Å². The number of rotatable bonds is 0. The first-order chi connectivity index (χ1) is 14.4. The lowest BCUT2D eigenvalue weighted by Crippen LogP contribution is -2.59. The van der Waals surface area contributed by atoms with Gasteiger partial charge in [-0.1, -0.05) is 36.4 Å². The number of alkyl halides is 6. The Hall–Kier alpha value is -1.93. The highest BCUT2D eigenvalue weighted by atomic mass is 32.2. The van der Waals surface area contributed by atoms with Gasteiger partial charge in [-0.05, 0) is 37.1 Å².